The van der Waals surface area contributed by atoms with Gasteiger partial charge in [0.05, 0.1) is 5.52 Å². The molecule has 0 aliphatic carbocycles. The number of hydrogen-bond donors (Lipinski definition) is 2. The number of carbonyl (C=O) groups is 2. The largest absolute Gasteiger partial charge is 0.366 e. The number of primary amides is 1. The average molecular weight is 317 g/mol. The Morgan fingerprint density at radius 3 is 2.67 bits per heavy atom. The number of amides is 2. The summed E-state index contributed by atoms with van der Waals surface area (Å²) in [6.07, 6.45) is 4.86. The van der Waals surface area contributed by atoms with E-state index in [1.54, 1.807) is 30.5 Å². The molecule has 0 radical (unpaired) electrons. The van der Waals surface area contributed by atoms with Crippen LogP contribution < -0.4 is 11.1 Å². The number of nitrogens with zero attached hydrogens (tertiary/aromatic N) is 1. The lowest BCUT2D eigenvalue weighted by atomic mass is 10.1. The van der Waals surface area contributed by atoms with Crippen molar-refractivity contribution in [2.45, 2.75) is 0 Å². The van der Waals surface area contributed by atoms with Crippen LogP contribution >= 0.6 is 0 Å². The first-order valence-corrected chi connectivity index (χ1v) is 7.36. The molecule has 1 aromatic heterocycles. The third-order valence-electron chi connectivity index (χ3n) is 3.49. The molecule has 3 rings (SSSR count). The summed E-state index contributed by atoms with van der Waals surface area (Å²) in [5.41, 5.74) is 7.77. The Labute approximate surface area is 138 Å². The quantitative estimate of drug-likeness (QED) is 0.725. The number of para-hydroxylation sites is 1. The Morgan fingerprint density at radius 2 is 1.83 bits per heavy atom. The van der Waals surface area contributed by atoms with Gasteiger partial charge >= 0.3 is 0 Å². The SMILES string of the molecule is NC(=O)c1cccc(NC(=O)/C=C/c2cccc3cccnc23)c1. The van der Waals surface area contributed by atoms with Crippen molar-refractivity contribution < 1.29 is 9.59 Å². The number of aromatic nitrogens is 1. The van der Waals surface area contributed by atoms with E-state index in [0.29, 0.717) is 11.3 Å². The van der Waals surface area contributed by atoms with Crippen LogP contribution in [0.25, 0.3) is 17.0 Å². The molecule has 0 aliphatic heterocycles. The molecule has 0 atom stereocenters. The number of fused-ring (bicyclic) bond motifs is 1. The van der Waals surface area contributed by atoms with E-state index in [9.17, 15) is 9.59 Å². The van der Waals surface area contributed by atoms with E-state index in [2.05, 4.69) is 10.3 Å². The molecule has 2 aromatic carbocycles. The van der Waals surface area contributed by atoms with Crippen molar-refractivity contribution >= 4 is 34.5 Å². The van der Waals surface area contributed by atoms with E-state index < -0.39 is 5.91 Å². The lowest BCUT2D eigenvalue weighted by molar-refractivity contribution is -0.111. The number of benzene rings is 2. The van der Waals surface area contributed by atoms with Crippen LogP contribution in [-0.2, 0) is 4.79 Å². The minimum atomic E-state index is -0.538. The van der Waals surface area contributed by atoms with Gasteiger partial charge < -0.3 is 11.1 Å². The molecule has 3 aromatic rings. The van der Waals surface area contributed by atoms with E-state index in [-0.39, 0.29) is 5.91 Å². The first-order chi connectivity index (χ1) is 11.6. The molecule has 3 N–H and O–H groups in total. The molecule has 5 nitrogen and oxygen atoms in total. The predicted octanol–water partition coefficient (Wildman–Crippen LogP) is 2.99. The number of anilines is 1. The Morgan fingerprint density at radius 1 is 1.04 bits per heavy atom. The fraction of sp³-hybridized carbons (Fsp3) is 0. The summed E-state index contributed by atoms with van der Waals surface area (Å²) < 4.78 is 0. The van der Waals surface area contributed by atoms with Crippen LogP contribution in [0.1, 0.15) is 15.9 Å². The van der Waals surface area contributed by atoms with Crippen molar-refractivity contribution in [1.29, 1.82) is 0 Å². The van der Waals surface area contributed by atoms with Crippen molar-refractivity contribution in [3.05, 3.63) is 78.0 Å². The Kier molecular flexibility index (Phi) is 4.34. The molecular formula is C19H15N3O2. The zero-order valence-electron chi connectivity index (χ0n) is 12.8. The molecule has 0 spiro atoms. The Hall–Kier alpha value is -3.47. The third kappa shape index (κ3) is 3.47. The molecule has 5 heteroatoms. The average Bonchev–Trinajstić information content (AvgIpc) is 2.60. The zero-order valence-corrected chi connectivity index (χ0v) is 12.8. The summed E-state index contributed by atoms with van der Waals surface area (Å²) in [7, 11) is 0. The maximum Gasteiger partial charge on any atom is 0.248 e. The Bertz CT molecular complexity index is 943. The van der Waals surface area contributed by atoms with Gasteiger partial charge in [0, 0.05) is 34.5 Å². The number of carbonyl (C=O) groups excluding carboxylic acids is 2. The molecular weight excluding hydrogens is 302 g/mol. The van der Waals surface area contributed by atoms with Crippen LogP contribution in [0, 0.1) is 0 Å². The second kappa shape index (κ2) is 6.75. The molecule has 0 unspecified atom stereocenters. The molecule has 0 fully saturated rings. The molecule has 24 heavy (non-hydrogen) atoms. The van der Waals surface area contributed by atoms with Gasteiger partial charge in [-0.05, 0) is 30.3 Å². The van der Waals surface area contributed by atoms with Gasteiger partial charge in [0.2, 0.25) is 11.8 Å². The van der Waals surface area contributed by atoms with Gasteiger partial charge in [-0.1, -0.05) is 30.3 Å². The van der Waals surface area contributed by atoms with Gasteiger partial charge in [0.25, 0.3) is 0 Å². The van der Waals surface area contributed by atoms with E-state index in [0.717, 1.165) is 16.5 Å². The van der Waals surface area contributed by atoms with Gasteiger partial charge in [-0.15, -0.1) is 0 Å². The number of nitrogens with two attached hydrogens (primary N) is 1. The first-order valence-electron chi connectivity index (χ1n) is 7.36. The number of hydrogen-bond acceptors (Lipinski definition) is 3. The number of rotatable bonds is 4. The van der Waals surface area contributed by atoms with Crippen LogP contribution in [0.3, 0.4) is 0 Å². The molecule has 0 saturated carbocycles. The normalized spacial score (nSPS) is 10.8. The van der Waals surface area contributed by atoms with Gasteiger partial charge in [-0.2, -0.15) is 0 Å². The highest BCUT2D eigenvalue weighted by Gasteiger charge is 2.04. The topological polar surface area (TPSA) is 85.1 Å². The van der Waals surface area contributed by atoms with Crippen molar-refractivity contribution in [2.75, 3.05) is 5.32 Å². The van der Waals surface area contributed by atoms with Crippen molar-refractivity contribution in [1.82, 2.24) is 4.98 Å². The molecule has 0 aliphatic rings. The standard InChI is InChI=1S/C19H15N3O2/c20-19(24)15-6-2-8-16(12-15)22-17(23)10-9-14-5-1-4-13-7-3-11-21-18(13)14/h1-12H,(H2,20,24)(H,22,23)/b10-9+. The molecule has 118 valence electrons. The van der Waals surface area contributed by atoms with E-state index in [4.69, 9.17) is 5.73 Å². The van der Waals surface area contributed by atoms with Crippen LogP contribution in [0.2, 0.25) is 0 Å². The summed E-state index contributed by atoms with van der Waals surface area (Å²) in [6, 6.07) is 16.1. The van der Waals surface area contributed by atoms with E-state index >= 15 is 0 Å². The predicted molar refractivity (Wildman–Crippen MR) is 94.4 cm³/mol. The fourth-order valence-corrected chi connectivity index (χ4v) is 2.36. The van der Waals surface area contributed by atoms with Gasteiger partial charge in [-0.25, -0.2) is 0 Å². The number of nitrogens with one attached hydrogen (secondary N) is 1. The van der Waals surface area contributed by atoms with Crippen LogP contribution in [0.5, 0.6) is 0 Å². The fourth-order valence-electron chi connectivity index (χ4n) is 2.36. The van der Waals surface area contributed by atoms with Crippen molar-refractivity contribution in [2.24, 2.45) is 5.73 Å². The summed E-state index contributed by atoms with van der Waals surface area (Å²) in [6.45, 7) is 0. The smallest absolute Gasteiger partial charge is 0.248 e. The molecule has 0 saturated heterocycles. The zero-order chi connectivity index (χ0) is 16.9. The maximum atomic E-state index is 12.1. The van der Waals surface area contributed by atoms with Crippen LogP contribution in [0.15, 0.2) is 66.9 Å². The summed E-state index contributed by atoms with van der Waals surface area (Å²) >= 11 is 0. The third-order valence-corrected chi connectivity index (χ3v) is 3.49. The van der Waals surface area contributed by atoms with Crippen molar-refractivity contribution in [3.63, 3.8) is 0 Å². The molecule has 2 amide bonds. The summed E-state index contributed by atoms with van der Waals surface area (Å²) in [4.78, 5) is 27.6. The maximum absolute atomic E-state index is 12.1. The first kappa shape index (κ1) is 15.4. The monoisotopic (exact) mass is 317 g/mol. The van der Waals surface area contributed by atoms with E-state index in [1.165, 1.54) is 12.1 Å². The minimum absolute atomic E-state index is 0.301. The van der Waals surface area contributed by atoms with Gasteiger partial charge in [0.15, 0.2) is 0 Å². The summed E-state index contributed by atoms with van der Waals surface area (Å²) in [5, 5.41) is 3.71. The molecule has 1 heterocycles. The lowest BCUT2D eigenvalue weighted by Crippen LogP contribution is -2.12. The van der Waals surface area contributed by atoms with Gasteiger partial charge in [-0.3, -0.25) is 14.6 Å². The van der Waals surface area contributed by atoms with Crippen LogP contribution in [-0.4, -0.2) is 16.8 Å². The van der Waals surface area contributed by atoms with Crippen LogP contribution in [0.4, 0.5) is 5.69 Å². The highest BCUT2D eigenvalue weighted by atomic mass is 16.1. The minimum Gasteiger partial charge on any atom is -0.366 e. The second-order valence-electron chi connectivity index (χ2n) is 5.19. The van der Waals surface area contributed by atoms with E-state index in [1.807, 2.05) is 30.3 Å². The Balaban J connectivity index is 1.78. The van der Waals surface area contributed by atoms with Gasteiger partial charge in [0.1, 0.15) is 0 Å². The lowest BCUT2D eigenvalue weighted by Gasteiger charge is -2.04. The highest BCUT2D eigenvalue weighted by Crippen LogP contribution is 2.17. The van der Waals surface area contributed by atoms with Crippen molar-refractivity contribution in [3.8, 4) is 0 Å². The number of pyridine rings is 1. The second-order valence-corrected chi connectivity index (χ2v) is 5.19. The molecule has 0 bridgehead atoms. The summed E-state index contributed by atoms with van der Waals surface area (Å²) in [5.74, 6) is -0.840. The highest BCUT2D eigenvalue weighted by molar-refractivity contribution is 6.04.